The second-order valence-corrected chi connectivity index (χ2v) is 6.11. The summed E-state index contributed by atoms with van der Waals surface area (Å²) >= 11 is 1.94. The quantitative estimate of drug-likeness (QED) is 0.737. The Hall–Kier alpha value is -1.61. The van der Waals surface area contributed by atoms with Crippen molar-refractivity contribution in [2.24, 2.45) is 16.1 Å². The van der Waals surface area contributed by atoms with E-state index in [2.05, 4.69) is 64.8 Å². The molecule has 0 fully saturated rings. The highest BCUT2D eigenvalue weighted by Crippen LogP contribution is 2.51. The van der Waals surface area contributed by atoms with E-state index in [-0.39, 0.29) is 12.1 Å². The molecule has 2 aliphatic rings. The van der Waals surface area contributed by atoms with Crippen molar-refractivity contribution < 1.29 is 0 Å². The predicted octanol–water partition coefficient (Wildman–Crippen LogP) is 4.66. The van der Waals surface area contributed by atoms with Gasteiger partial charge in [-0.15, -0.1) is 11.8 Å². The lowest BCUT2D eigenvalue weighted by Gasteiger charge is -2.28. The van der Waals surface area contributed by atoms with Gasteiger partial charge in [0.2, 0.25) is 0 Å². The van der Waals surface area contributed by atoms with Crippen molar-refractivity contribution in [3.8, 4) is 0 Å². The topological polar surface area (TPSA) is 24.7 Å². The smallest absolute Gasteiger partial charge is 0.103 e. The summed E-state index contributed by atoms with van der Waals surface area (Å²) < 4.78 is 0. The van der Waals surface area contributed by atoms with Gasteiger partial charge >= 0.3 is 0 Å². The van der Waals surface area contributed by atoms with Crippen LogP contribution in [-0.4, -0.2) is 5.75 Å². The van der Waals surface area contributed by atoms with Crippen LogP contribution in [0, 0.1) is 5.92 Å². The van der Waals surface area contributed by atoms with Gasteiger partial charge in [0.1, 0.15) is 12.1 Å². The fourth-order valence-electron chi connectivity index (χ4n) is 2.97. The highest BCUT2D eigenvalue weighted by molar-refractivity contribution is 7.99. The Kier molecular flexibility index (Phi) is 2.66. The molecule has 0 aliphatic carbocycles. The summed E-state index contributed by atoms with van der Waals surface area (Å²) in [6, 6.07) is 19.6. The number of hydrogen-bond donors (Lipinski definition) is 0. The van der Waals surface area contributed by atoms with Crippen LogP contribution in [0.1, 0.15) is 23.2 Å². The van der Waals surface area contributed by atoms with Crippen LogP contribution in [0.15, 0.2) is 69.7 Å². The van der Waals surface area contributed by atoms with Gasteiger partial charge < -0.3 is 0 Å². The van der Waals surface area contributed by atoms with Gasteiger partial charge in [-0.1, -0.05) is 48.5 Å². The standard InChI is InChI=1S/C16H14N2S/c1-2-6-11(7-3-1)15-13-10-19-14-9-5-4-8-12(14)16(13)18-17-15/h1-9,13,15-16H,10H2. The van der Waals surface area contributed by atoms with Crippen LogP contribution >= 0.6 is 11.8 Å². The lowest BCUT2D eigenvalue weighted by Crippen LogP contribution is -2.20. The molecule has 0 radical (unpaired) electrons. The van der Waals surface area contributed by atoms with Crippen LogP contribution in [0.3, 0.4) is 0 Å². The molecule has 3 unspecified atom stereocenters. The summed E-state index contributed by atoms with van der Waals surface area (Å²) in [4.78, 5) is 1.37. The van der Waals surface area contributed by atoms with E-state index in [9.17, 15) is 0 Å². The van der Waals surface area contributed by atoms with Gasteiger partial charge in [-0.3, -0.25) is 0 Å². The molecule has 0 saturated carbocycles. The Morgan fingerprint density at radius 3 is 2.47 bits per heavy atom. The molecule has 2 aliphatic heterocycles. The SMILES string of the molecule is c1ccc(C2N=NC3c4ccccc4SCC23)cc1. The third-order valence-corrected chi connectivity index (χ3v) is 5.17. The molecule has 0 bridgehead atoms. The molecule has 2 aromatic rings. The third-order valence-electron chi connectivity index (χ3n) is 3.94. The molecule has 19 heavy (non-hydrogen) atoms. The van der Waals surface area contributed by atoms with Crippen molar-refractivity contribution in [3.05, 3.63) is 65.7 Å². The van der Waals surface area contributed by atoms with E-state index < -0.39 is 0 Å². The Morgan fingerprint density at radius 2 is 1.58 bits per heavy atom. The summed E-state index contributed by atoms with van der Waals surface area (Å²) in [6.07, 6.45) is 0. The van der Waals surface area contributed by atoms with Crippen molar-refractivity contribution in [2.75, 3.05) is 5.75 Å². The molecule has 3 atom stereocenters. The molecule has 2 nitrogen and oxygen atoms in total. The summed E-state index contributed by atoms with van der Waals surface area (Å²) in [5.74, 6) is 1.61. The fraction of sp³-hybridized carbons (Fsp3) is 0.250. The van der Waals surface area contributed by atoms with E-state index >= 15 is 0 Å². The first-order chi connectivity index (χ1) is 9.43. The summed E-state index contributed by atoms with van der Waals surface area (Å²) in [7, 11) is 0. The molecule has 94 valence electrons. The van der Waals surface area contributed by atoms with E-state index in [0.29, 0.717) is 5.92 Å². The van der Waals surface area contributed by atoms with Crippen LogP contribution in [-0.2, 0) is 0 Å². The Balaban J connectivity index is 1.71. The molecule has 0 spiro atoms. The highest BCUT2D eigenvalue weighted by Gasteiger charge is 2.40. The van der Waals surface area contributed by atoms with Crippen LogP contribution in [0.4, 0.5) is 0 Å². The van der Waals surface area contributed by atoms with E-state index in [1.807, 2.05) is 11.8 Å². The maximum absolute atomic E-state index is 4.57. The fourth-order valence-corrected chi connectivity index (χ4v) is 4.24. The molecule has 0 aromatic heterocycles. The van der Waals surface area contributed by atoms with Gasteiger partial charge in [-0.2, -0.15) is 10.2 Å². The maximum Gasteiger partial charge on any atom is 0.103 e. The average Bonchev–Trinajstić information content (AvgIpc) is 2.92. The predicted molar refractivity (Wildman–Crippen MR) is 77.4 cm³/mol. The molecule has 4 rings (SSSR count). The van der Waals surface area contributed by atoms with Gasteiger partial charge in [0.25, 0.3) is 0 Å². The zero-order valence-corrected chi connectivity index (χ0v) is 11.3. The van der Waals surface area contributed by atoms with E-state index in [1.54, 1.807) is 0 Å². The highest BCUT2D eigenvalue weighted by atomic mass is 32.2. The number of benzene rings is 2. The number of azo groups is 1. The minimum Gasteiger partial charge on any atom is -0.185 e. The molecule has 2 aromatic carbocycles. The minimum absolute atomic E-state index is 0.229. The normalized spacial score (nSPS) is 27.9. The Bertz CT molecular complexity index is 624. The first-order valence-corrected chi connectivity index (χ1v) is 7.59. The van der Waals surface area contributed by atoms with E-state index in [0.717, 1.165) is 5.75 Å². The molecule has 0 saturated heterocycles. The van der Waals surface area contributed by atoms with Crippen molar-refractivity contribution in [3.63, 3.8) is 0 Å². The second-order valence-electron chi connectivity index (χ2n) is 5.04. The van der Waals surface area contributed by atoms with E-state index in [4.69, 9.17) is 0 Å². The van der Waals surface area contributed by atoms with Crippen LogP contribution in [0.25, 0.3) is 0 Å². The molecule has 3 heteroatoms. The summed E-state index contributed by atoms with van der Waals surface area (Å²) in [5, 5.41) is 9.13. The van der Waals surface area contributed by atoms with Gasteiger partial charge in [0.05, 0.1) is 0 Å². The number of hydrogen-bond acceptors (Lipinski definition) is 3. The Labute approximate surface area is 117 Å². The van der Waals surface area contributed by atoms with Crippen LogP contribution in [0.2, 0.25) is 0 Å². The van der Waals surface area contributed by atoms with Crippen LogP contribution < -0.4 is 0 Å². The van der Waals surface area contributed by atoms with Crippen molar-refractivity contribution in [1.29, 1.82) is 0 Å². The van der Waals surface area contributed by atoms with Gasteiger partial charge in [0.15, 0.2) is 0 Å². The van der Waals surface area contributed by atoms with Gasteiger partial charge in [0, 0.05) is 16.6 Å². The molecule has 0 N–H and O–H groups in total. The number of nitrogens with zero attached hydrogens (tertiary/aromatic N) is 2. The largest absolute Gasteiger partial charge is 0.185 e. The molecule has 0 amide bonds. The molecule has 2 heterocycles. The maximum atomic E-state index is 4.57. The zero-order valence-electron chi connectivity index (χ0n) is 10.4. The molecular weight excluding hydrogens is 252 g/mol. The lowest BCUT2D eigenvalue weighted by atomic mass is 9.87. The second kappa shape index (κ2) is 4.49. The van der Waals surface area contributed by atoms with E-state index in [1.165, 1.54) is 16.0 Å². The van der Waals surface area contributed by atoms with Crippen molar-refractivity contribution >= 4 is 11.8 Å². The monoisotopic (exact) mass is 266 g/mol. The molecular formula is C16H14N2S. The average molecular weight is 266 g/mol. The minimum atomic E-state index is 0.229. The van der Waals surface area contributed by atoms with Gasteiger partial charge in [-0.25, -0.2) is 0 Å². The number of rotatable bonds is 1. The van der Waals surface area contributed by atoms with Crippen molar-refractivity contribution in [1.82, 2.24) is 0 Å². The van der Waals surface area contributed by atoms with Gasteiger partial charge in [-0.05, 0) is 17.2 Å². The van der Waals surface area contributed by atoms with Crippen molar-refractivity contribution in [2.45, 2.75) is 17.0 Å². The lowest BCUT2D eigenvalue weighted by molar-refractivity contribution is 0.461. The Morgan fingerprint density at radius 1 is 0.842 bits per heavy atom. The third kappa shape index (κ3) is 1.80. The summed E-state index contributed by atoms with van der Waals surface area (Å²) in [6.45, 7) is 0. The number of thioether (sulfide) groups is 1. The number of fused-ring (bicyclic) bond motifs is 3. The first-order valence-electron chi connectivity index (χ1n) is 6.60. The first kappa shape index (κ1) is 11.2. The summed E-state index contributed by atoms with van der Waals surface area (Å²) in [5.41, 5.74) is 2.64. The van der Waals surface area contributed by atoms with Crippen LogP contribution in [0.5, 0.6) is 0 Å². The zero-order chi connectivity index (χ0) is 12.7.